The molecule has 2 fully saturated rings. The summed E-state index contributed by atoms with van der Waals surface area (Å²) in [6, 6.07) is 5.10. The summed E-state index contributed by atoms with van der Waals surface area (Å²) in [7, 11) is 0. The highest BCUT2D eigenvalue weighted by atomic mass is 19.4. The fourth-order valence-corrected chi connectivity index (χ4v) is 5.03. The third-order valence-electron chi connectivity index (χ3n) is 6.56. The van der Waals surface area contributed by atoms with Gasteiger partial charge in [0.2, 0.25) is 0 Å². The molecule has 1 amide bonds. The first-order valence-electron chi connectivity index (χ1n) is 12.0. The molecule has 1 aromatic carbocycles. The largest absolute Gasteiger partial charge is 0.416 e. The molecule has 180 valence electrons. The molecule has 1 aromatic heterocycles. The summed E-state index contributed by atoms with van der Waals surface area (Å²) >= 11 is 0. The zero-order valence-corrected chi connectivity index (χ0v) is 19.4. The Hall–Kier alpha value is -2.35. The van der Waals surface area contributed by atoms with Crippen molar-refractivity contribution in [3.05, 3.63) is 47.3 Å². The van der Waals surface area contributed by atoms with Crippen LogP contribution in [0.5, 0.6) is 0 Å². The highest BCUT2D eigenvalue weighted by Gasteiger charge is 2.34. The van der Waals surface area contributed by atoms with E-state index in [-0.39, 0.29) is 11.8 Å². The van der Waals surface area contributed by atoms with E-state index in [1.807, 2.05) is 0 Å². The van der Waals surface area contributed by atoms with Gasteiger partial charge in [0.05, 0.1) is 28.7 Å². The van der Waals surface area contributed by atoms with Gasteiger partial charge < -0.3 is 10.2 Å². The van der Waals surface area contributed by atoms with Crippen LogP contribution in [0.4, 0.5) is 13.2 Å². The normalized spacial score (nSPS) is 21.8. The predicted octanol–water partition coefficient (Wildman–Crippen LogP) is 5.26. The number of hydrogen-bond donors (Lipinski definition) is 1. The minimum atomic E-state index is -4.42. The second kappa shape index (κ2) is 9.87. The topological polar surface area (TPSA) is 50.2 Å². The van der Waals surface area contributed by atoms with Crippen LogP contribution in [0.25, 0.3) is 5.69 Å². The SMILES string of the molecule is CC1CC(C)CN(CCCCNC(=O)c2cnn(-c3cccc(C(F)(F)F)c3)c2C2CC2)C1. The van der Waals surface area contributed by atoms with E-state index in [0.29, 0.717) is 23.5 Å². The Morgan fingerprint density at radius 3 is 2.55 bits per heavy atom. The molecule has 2 unspecified atom stereocenters. The summed E-state index contributed by atoms with van der Waals surface area (Å²) in [5.41, 5.74) is 0.785. The van der Waals surface area contributed by atoms with E-state index in [4.69, 9.17) is 0 Å². The van der Waals surface area contributed by atoms with Crippen molar-refractivity contribution in [1.29, 1.82) is 0 Å². The zero-order chi connectivity index (χ0) is 23.6. The highest BCUT2D eigenvalue weighted by molar-refractivity contribution is 5.95. The number of likely N-dealkylation sites (tertiary alicyclic amines) is 1. The van der Waals surface area contributed by atoms with Gasteiger partial charge >= 0.3 is 6.18 Å². The Labute approximate surface area is 193 Å². The molecule has 2 aliphatic rings. The van der Waals surface area contributed by atoms with Gasteiger partial charge in [-0.2, -0.15) is 18.3 Å². The number of carbonyl (C=O) groups is 1. The molecule has 5 nitrogen and oxygen atoms in total. The van der Waals surface area contributed by atoms with Gasteiger partial charge in [-0.25, -0.2) is 4.68 Å². The molecule has 1 aliphatic heterocycles. The van der Waals surface area contributed by atoms with Crippen LogP contribution in [0.3, 0.4) is 0 Å². The fraction of sp³-hybridized carbons (Fsp3) is 0.600. The Kier molecular flexibility index (Phi) is 7.12. The van der Waals surface area contributed by atoms with Gasteiger partial charge in [0.1, 0.15) is 0 Å². The molecule has 33 heavy (non-hydrogen) atoms. The number of benzene rings is 1. The second-order valence-electron chi connectivity index (χ2n) is 9.85. The van der Waals surface area contributed by atoms with Crippen molar-refractivity contribution in [1.82, 2.24) is 20.0 Å². The molecule has 1 N–H and O–H groups in total. The van der Waals surface area contributed by atoms with E-state index in [9.17, 15) is 18.0 Å². The molecule has 2 aromatic rings. The number of nitrogens with one attached hydrogen (secondary N) is 1. The van der Waals surface area contributed by atoms with Crippen LogP contribution in [0.1, 0.15) is 73.5 Å². The Morgan fingerprint density at radius 2 is 1.88 bits per heavy atom. The van der Waals surface area contributed by atoms with E-state index in [2.05, 4.69) is 29.2 Å². The number of rotatable bonds is 8. The fourth-order valence-electron chi connectivity index (χ4n) is 5.03. The lowest BCUT2D eigenvalue weighted by Gasteiger charge is -2.34. The van der Waals surface area contributed by atoms with Crippen LogP contribution in [-0.4, -0.2) is 46.8 Å². The highest BCUT2D eigenvalue weighted by Crippen LogP contribution is 2.42. The molecule has 0 radical (unpaired) electrons. The Bertz CT molecular complexity index is 957. The number of halogens is 3. The number of nitrogens with zero attached hydrogens (tertiary/aromatic N) is 3. The number of hydrogen-bond acceptors (Lipinski definition) is 3. The van der Waals surface area contributed by atoms with E-state index in [0.717, 1.165) is 69.3 Å². The lowest BCUT2D eigenvalue weighted by atomic mass is 9.92. The van der Waals surface area contributed by atoms with Gasteiger partial charge in [-0.05, 0) is 68.7 Å². The first kappa shape index (κ1) is 23.8. The molecule has 4 rings (SSSR count). The summed E-state index contributed by atoms with van der Waals surface area (Å²) in [5.74, 6) is 1.44. The van der Waals surface area contributed by atoms with Crippen LogP contribution >= 0.6 is 0 Å². The molecule has 8 heteroatoms. The maximum atomic E-state index is 13.2. The summed E-state index contributed by atoms with van der Waals surface area (Å²) in [5, 5.41) is 7.28. The second-order valence-corrected chi connectivity index (χ2v) is 9.85. The molecular formula is C25H33F3N4O. The Morgan fingerprint density at radius 1 is 1.15 bits per heavy atom. The predicted molar refractivity (Wildman–Crippen MR) is 121 cm³/mol. The van der Waals surface area contributed by atoms with Gasteiger partial charge in [-0.15, -0.1) is 0 Å². The zero-order valence-electron chi connectivity index (χ0n) is 19.4. The smallest absolute Gasteiger partial charge is 0.352 e. The van der Waals surface area contributed by atoms with Gasteiger partial charge in [-0.1, -0.05) is 19.9 Å². The average molecular weight is 463 g/mol. The summed E-state index contributed by atoms with van der Waals surface area (Å²) in [6.07, 6.45) is 2.11. The van der Waals surface area contributed by atoms with Crippen LogP contribution < -0.4 is 5.32 Å². The van der Waals surface area contributed by atoms with Crippen LogP contribution in [0.2, 0.25) is 0 Å². The summed E-state index contributed by atoms with van der Waals surface area (Å²) in [6.45, 7) is 8.54. The number of carbonyl (C=O) groups excluding carboxylic acids is 1. The number of aromatic nitrogens is 2. The quantitative estimate of drug-likeness (QED) is 0.545. The molecular weight excluding hydrogens is 429 g/mol. The number of alkyl halides is 3. The standard InChI is InChI=1S/C25H33F3N4O/c1-17-12-18(2)16-31(15-17)11-4-3-10-29-24(33)22-14-30-32(23(22)19-8-9-19)21-7-5-6-20(13-21)25(26,27)28/h5-7,13-14,17-19H,3-4,8-12,15-16H2,1-2H3,(H,29,33). The molecule has 2 atom stereocenters. The molecule has 1 aliphatic carbocycles. The van der Waals surface area contributed by atoms with Crippen molar-refractivity contribution >= 4 is 5.91 Å². The third-order valence-corrected chi connectivity index (χ3v) is 6.56. The lowest BCUT2D eigenvalue weighted by molar-refractivity contribution is -0.137. The van der Waals surface area contributed by atoms with Gasteiger partial charge in [0.25, 0.3) is 5.91 Å². The monoisotopic (exact) mass is 462 g/mol. The van der Waals surface area contributed by atoms with Gasteiger partial charge in [0.15, 0.2) is 0 Å². The summed E-state index contributed by atoms with van der Waals surface area (Å²) in [4.78, 5) is 15.4. The van der Waals surface area contributed by atoms with Crippen molar-refractivity contribution < 1.29 is 18.0 Å². The first-order valence-corrected chi connectivity index (χ1v) is 12.0. The van der Waals surface area contributed by atoms with E-state index >= 15 is 0 Å². The van der Waals surface area contributed by atoms with Crippen LogP contribution in [0.15, 0.2) is 30.5 Å². The number of amides is 1. The van der Waals surface area contributed by atoms with Gasteiger partial charge in [0, 0.05) is 25.6 Å². The first-order chi connectivity index (χ1) is 15.7. The third kappa shape index (κ3) is 5.96. The van der Waals surface area contributed by atoms with Crippen molar-refractivity contribution in [2.75, 3.05) is 26.2 Å². The molecule has 0 bridgehead atoms. The molecule has 0 spiro atoms. The van der Waals surface area contributed by atoms with E-state index < -0.39 is 11.7 Å². The van der Waals surface area contributed by atoms with Crippen molar-refractivity contribution in [3.8, 4) is 5.69 Å². The maximum absolute atomic E-state index is 13.2. The van der Waals surface area contributed by atoms with Gasteiger partial charge in [-0.3, -0.25) is 4.79 Å². The van der Waals surface area contributed by atoms with Crippen molar-refractivity contribution in [2.24, 2.45) is 11.8 Å². The minimum absolute atomic E-state index is 0.158. The number of unbranched alkanes of at least 4 members (excludes halogenated alkanes) is 1. The van der Waals surface area contributed by atoms with E-state index in [1.165, 1.54) is 23.4 Å². The van der Waals surface area contributed by atoms with Crippen LogP contribution in [0, 0.1) is 11.8 Å². The number of piperidine rings is 1. The molecule has 1 saturated heterocycles. The minimum Gasteiger partial charge on any atom is -0.352 e. The molecule has 2 heterocycles. The van der Waals surface area contributed by atoms with E-state index in [1.54, 1.807) is 6.07 Å². The average Bonchev–Trinajstić information content (AvgIpc) is 3.49. The summed E-state index contributed by atoms with van der Waals surface area (Å²) < 4.78 is 41.0. The lowest BCUT2D eigenvalue weighted by Crippen LogP contribution is -2.39. The van der Waals surface area contributed by atoms with Crippen LogP contribution in [-0.2, 0) is 6.18 Å². The Balaban J connectivity index is 1.36. The molecule has 1 saturated carbocycles. The van der Waals surface area contributed by atoms with Crippen molar-refractivity contribution in [2.45, 2.75) is 58.0 Å². The maximum Gasteiger partial charge on any atom is 0.416 e. The van der Waals surface area contributed by atoms with Crippen molar-refractivity contribution in [3.63, 3.8) is 0 Å².